The lowest BCUT2D eigenvalue weighted by Gasteiger charge is -2.37. The molecule has 1 fully saturated rings. The topological polar surface area (TPSA) is 64.3 Å². The van der Waals surface area contributed by atoms with Crippen LogP contribution in [0, 0.1) is 0 Å². The second-order valence-corrected chi connectivity index (χ2v) is 5.21. The first-order chi connectivity index (χ1) is 8.56. The fraction of sp³-hybridized carbons (Fsp3) is 0.692. The van der Waals surface area contributed by atoms with Gasteiger partial charge in [-0.05, 0) is 33.6 Å². The lowest BCUT2D eigenvalue weighted by Crippen LogP contribution is -2.46. The van der Waals surface area contributed by atoms with E-state index in [4.69, 9.17) is 10.5 Å². The summed E-state index contributed by atoms with van der Waals surface area (Å²) in [5.41, 5.74) is 5.97. The summed E-state index contributed by atoms with van der Waals surface area (Å²) in [7, 11) is 0. The van der Waals surface area contributed by atoms with Crippen LogP contribution >= 0.6 is 0 Å². The molecule has 0 aromatic carbocycles. The van der Waals surface area contributed by atoms with E-state index >= 15 is 0 Å². The summed E-state index contributed by atoms with van der Waals surface area (Å²) < 4.78 is 5.58. The molecule has 1 aromatic rings. The summed E-state index contributed by atoms with van der Waals surface area (Å²) in [6, 6.07) is 0.705. The van der Waals surface area contributed by atoms with Gasteiger partial charge in [0.2, 0.25) is 5.88 Å². The van der Waals surface area contributed by atoms with E-state index in [0.717, 1.165) is 25.2 Å². The van der Waals surface area contributed by atoms with Crippen LogP contribution in [-0.4, -0.2) is 34.7 Å². The minimum absolute atomic E-state index is 0.113. The van der Waals surface area contributed by atoms with Crippen LogP contribution < -0.4 is 15.4 Å². The van der Waals surface area contributed by atoms with Crippen LogP contribution in [0.2, 0.25) is 0 Å². The van der Waals surface area contributed by atoms with Crippen LogP contribution in [-0.2, 0) is 0 Å². The van der Waals surface area contributed by atoms with E-state index in [1.54, 1.807) is 12.4 Å². The molecule has 0 bridgehead atoms. The number of ether oxygens (including phenoxy) is 1. The summed E-state index contributed by atoms with van der Waals surface area (Å²) in [4.78, 5) is 11.0. The molecule has 5 heteroatoms. The van der Waals surface area contributed by atoms with Crippen LogP contribution in [0.5, 0.6) is 5.88 Å². The van der Waals surface area contributed by atoms with Gasteiger partial charge in [-0.3, -0.25) is 4.98 Å². The lowest BCUT2D eigenvalue weighted by molar-refractivity contribution is 0.231. The molecule has 100 valence electrons. The SMILES string of the molecule is CC(C)Oc1cncc(N2CCC(N)CC2C)n1. The highest BCUT2D eigenvalue weighted by atomic mass is 16.5. The highest BCUT2D eigenvalue weighted by Crippen LogP contribution is 2.23. The monoisotopic (exact) mass is 250 g/mol. The molecule has 0 aliphatic carbocycles. The average Bonchev–Trinajstić information content (AvgIpc) is 2.28. The van der Waals surface area contributed by atoms with Crippen molar-refractivity contribution >= 4 is 5.82 Å². The smallest absolute Gasteiger partial charge is 0.234 e. The van der Waals surface area contributed by atoms with Gasteiger partial charge in [0, 0.05) is 18.6 Å². The minimum atomic E-state index is 0.113. The summed E-state index contributed by atoms with van der Waals surface area (Å²) in [6.07, 6.45) is 5.56. The molecule has 1 aliphatic rings. The number of nitrogens with two attached hydrogens (primary N) is 1. The van der Waals surface area contributed by atoms with Gasteiger partial charge >= 0.3 is 0 Å². The molecule has 2 rings (SSSR count). The van der Waals surface area contributed by atoms with Crippen LogP contribution in [0.3, 0.4) is 0 Å². The summed E-state index contributed by atoms with van der Waals surface area (Å²) in [6.45, 7) is 7.08. The molecular formula is C13H22N4O. The second-order valence-electron chi connectivity index (χ2n) is 5.21. The zero-order valence-corrected chi connectivity index (χ0v) is 11.3. The van der Waals surface area contributed by atoms with Crippen molar-refractivity contribution in [2.75, 3.05) is 11.4 Å². The predicted molar refractivity (Wildman–Crippen MR) is 71.8 cm³/mol. The maximum atomic E-state index is 5.97. The highest BCUT2D eigenvalue weighted by Gasteiger charge is 2.24. The van der Waals surface area contributed by atoms with Gasteiger partial charge in [-0.2, -0.15) is 4.98 Å². The van der Waals surface area contributed by atoms with Crippen molar-refractivity contribution in [2.24, 2.45) is 5.73 Å². The molecule has 2 N–H and O–H groups in total. The zero-order valence-electron chi connectivity index (χ0n) is 11.3. The molecule has 0 amide bonds. The Bertz CT molecular complexity index is 396. The first-order valence-electron chi connectivity index (χ1n) is 6.57. The average molecular weight is 250 g/mol. The first kappa shape index (κ1) is 13.1. The minimum Gasteiger partial charge on any atom is -0.474 e. The first-order valence-corrected chi connectivity index (χ1v) is 6.57. The highest BCUT2D eigenvalue weighted by molar-refractivity contribution is 5.39. The van der Waals surface area contributed by atoms with Crippen LogP contribution in [0.15, 0.2) is 12.4 Å². The summed E-state index contributed by atoms with van der Waals surface area (Å²) in [5, 5.41) is 0. The Balaban J connectivity index is 2.12. The van der Waals surface area contributed by atoms with E-state index in [1.807, 2.05) is 13.8 Å². The van der Waals surface area contributed by atoms with Crippen LogP contribution in [0.4, 0.5) is 5.82 Å². The van der Waals surface area contributed by atoms with Gasteiger partial charge in [-0.15, -0.1) is 0 Å². The van der Waals surface area contributed by atoms with Crippen molar-refractivity contribution in [2.45, 2.75) is 51.8 Å². The number of rotatable bonds is 3. The maximum Gasteiger partial charge on any atom is 0.234 e. The molecule has 0 spiro atoms. The molecule has 2 heterocycles. The van der Waals surface area contributed by atoms with E-state index in [9.17, 15) is 0 Å². The quantitative estimate of drug-likeness (QED) is 0.882. The standard InChI is InChI=1S/C13H22N4O/c1-9(2)18-13-8-15-7-12(16-13)17-5-4-11(14)6-10(17)3/h7-11H,4-6,14H2,1-3H3. The molecular weight excluding hydrogens is 228 g/mol. The van der Waals surface area contributed by atoms with Gasteiger partial charge in [0.15, 0.2) is 5.82 Å². The third kappa shape index (κ3) is 3.10. The zero-order chi connectivity index (χ0) is 13.1. The molecule has 1 aliphatic heterocycles. The van der Waals surface area contributed by atoms with Crippen molar-refractivity contribution in [1.29, 1.82) is 0 Å². The fourth-order valence-electron chi connectivity index (χ4n) is 2.32. The van der Waals surface area contributed by atoms with Crippen molar-refractivity contribution in [3.63, 3.8) is 0 Å². The van der Waals surface area contributed by atoms with Crippen LogP contribution in [0.1, 0.15) is 33.6 Å². The van der Waals surface area contributed by atoms with Gasteiger partial charge in [0.05, 0.1) is 18.5 Å². The number of hydrogen-bond acceptors (Lipinski definition) is 5. The van der Waals surface area contributed by atoms with Gasteiger partial charge in [0.1, 0.15) is 0 Å². The fourth-order valence-corrected chi connectivity index (χ4v) is 2.32. The normalized spacial score (nSPS) is 24.4. The van der Waals surface area contributed by atoms with E-state index in [-0.39, 0.29) is 6.10 Å². The predicted octanol–water partition coefficient (Wildman–Crippen LogP) is 1.58. The van der Waals surface area contributed by atoms with Crippen molar-refractivity contribution < 1.29 is 4.74 Å². The molecule has 5 nitrogen and oxygen atoms in total. The maximum absolute atomic E-state index is 5.97. The Kier molecular flexibility index (Phi) is 4.01. The Hall–Kier alpha value is -1.36. The third-order valence-electron chi connectivity index (χ3n) is 3.17. The Morgan fingerprint density at radius 1 is 1.44 bits per heavy atom. The Labute approximate surface area is 108 Å². The van der Waals surface area contributed by atoms with E-state index < -0.39 is 0 Å². The third-order valence-corrected chi connectivity index (χ3v) is 3.17. The molecule has 2 unspecified atom stereocenters. The largest absolute Gasteiger partial charge is 0.474 e. The second kappa shape index (κ2) is 5.52. The molecule has 1 aromatic heterocycles. The lowest BCUT2D eigenvalue weighted by atomic mass is 9.99. The van der Waals surface area contributed by atoms with Crippen molar-refractivity contribution in [1.82, 2.24) is 9.97 Å². The molecule has 2 atom stereocenters. The summed E-state index contributed by atoms with van der Waals surface area (Å²) >= 11 is 0. The van der Waals surface area contributed by atoms with E-state index in [2.05, 4.69) is 21.8 Å². The molecule has 18 heavy (non-hydrogen) atoms. The number of hydrogen-bond donors (Lipinski definition) is 1. The Morgan fingerprint density at radius 2 is 2.22 bits per heavy atom. The number of aromatic nitrogens is 2. The molecule has 0 radical (unpaired) electrons. The van der Waals surface area contributed by atoms with Crippen molar-refractivity contribution in [3.8, 4) is 5.88 Å². The number of nitrogens with zero attached hydrogens (tertiary/aromatic N) is 3. The van der Waals surface area contributed by atoms with E-state index in [1.165, 1.54) is 0 Å². The van der Waals surface area contributed by atoms with Gasteiger partial charge < -0.3 is 15.4 Å². The summed E-state index contributed by atoms with van der Waals surface area (Å²) in [5.74, 6) is 1.47. The Morgan fingerprint density at radius 3 is 2.89 bits per heavy atom. The van der Waals surface area contributed by atoms with E-state index in [0.29, 0.717) is 18.0 Å². The van der Waals surface area contributed by atoms with Gasteiger partial charge in [-0.1, -0.05) is 0 Å². The molecule has 1 saturated heterocycles. The van der Waals surface area contributed by atoms with Crippen molar-refractivity contribution in [3.05, 3.63) is 12.4 Å². The number of piperidine rings is 1. The number of anilines is 1. The van der Waals surface area contributed by atoms with Gasteiger partial charge in [0.25, 0.3) is 0 Å². The van der Waals surface area contributed by atoms with Gasteiger partial charge in [-0.25, -0.2) is 0 Å². The molecule has 0 saturated carbocycles. The van der Waals surface area contributed by atoms with Crippen LogP contribution in [0.25, 0.3) is 0 Å².